The van der Waals surface area contributed by atoms with Gasteiger partial charge in [-0.25, -0.2) is 8.42 Å². The number of pyridine rings is 1. The number of ether oxygens (including phenoxy) is 1. The Labute approximate surface area is 191 Å². The molecule has 32 heavy (non-hydrogen) atoms. The quantitative estimate of drug-likeness (QED) is 0.368. The molecule has 0 N–H and O–H groups in total. The molecule has 0 spiro atoms. The van der Waals surface area contributed by atoms with E-state index in [0.717, 1.165) is 22.4 Å². The number of hydrogen-bond donors (Lipinski definition) is 0. The van der Waals surface area contributed by atoms with Crippen molar-refractivity contribution in [1.29, 1.82) is 0 Å². The second kappa shape index (κ2) is 8.30. The number of halogens is 1. The van der Waals surface area contributed by atoms with Gasteiger partial charge in [0.25, 0.3) is 10.0 Å². The van der Waals surface area contributed by atoms with E-state index in [0.29, 0.717) is 29.5 Å². The molecule has 2 heterocycles. The van der Waals surface area contributed by atoms with Crippen LogP contribution in [0.25, 0.3) is 11.1 Å². The third-order valence-electron chi connectivity index (χ3n) is 5.42. The van der Waals surface area contributed by atoms with E-state index >= 15 is 0 Å². The molecule has 4 aromatic rings. The first-order valence-corrected chi connectivity index (χ1v) is 11.9. The highest BCUT2D eigenvalue weighted by Crippen LogP contribution is 2.36. The molecule has 1 aromatic heterocycles. The van der Waals surface area contributed by atoms with Gasteiger partial charge in [0.1, 0.15) is 11.5 Å². The van der Waals surface area contributed by atoms with E-state index in [2.05, 4.69) is 11.1 Å². The number of benzene rings is 3. The standard InChI is InChI=1S/C25H19ClN2O3S/c26-23-3-1-2-4-25(23)31-21-6-8-22(9-7-21)32(29,30)28-16-13-20-17-19(5-10-24(20)28)18-11-14-27-15-12-18/h1-12,14-15,17H,13,16H2. The van der Waals surface area contributed by atoms with E-state index in [1.807, 2.05) is 36.4 Å². The fourth-order valence-corrected chi connectivity index (χ4v) is 5.48. The predicted molar refractivity (Wildman–Crippen MR) is 126 cm³/mol. The van der Waals surface area contributed by atoms with Gasteiger partial charge in [-0.05, 0) is 83.8 Å². The third kappa shape index (κ3) is 3.83. The largest absolute Gasteiger partial charge is 0.456 e. The van der Waals surface area contributed by atoms with Crippen molar-refractivity contribution >= 4 is 27.3 Å². The molecule has 0 fully saturated rings. The van der Waals surface area contributed by atoms with E-state index in [9.17, 15) is 8.42 Å². The number of para-hydroxylation sites is 1. The first-order chi connectivity index (χ1) is 15.5. The predicted octanol–water partition coefficient (Wildman–Crippen LogP) is 5.95. The van der Waals surface area contributed by atoms with Gasteiger partial charge < -0.3 is 4.74 Å². The number of nitrogens with zero attached hydrogens (tertiary/aromatic N) is 2. The molecule has 5 rings (SSSR count). The molecule has 0 bridgehead atoms. The zero-order valence-corrected chi connectivity index (χ0v) is 18.6. The number of hydrogen-bond acceptors (Lipinski definition) is 4. The highest BCUT2D eigenvalue weighted by atomic mass is 35.5. The second-order valence-corrected chi connectivity index (χ2v) is 9.68. The summed E-state index contributed by atoms with van der Waals surface area (Å²) >= 11 is 6.13. The van der Waals surface area contributed by atoms with E-state index in [1.165, 1.54) is 4.31 Å². The zero-order chi connectivity index (χ0) is 22.1. The monoisotopic (exact) mass is 462 g/mol. The van der Waals surface area contributed by atoms with Crippen LogP contribution in [0, 0.1) is 0 Å². The van der Waals surface area contributed by atoms with Crippen molar-refractivity contribution in [3.63, 3.8) is 0 Å². The number of aromatic nitrogens is 1. The lowest BCUT2D eigenvalue weighted by Gasteiger charge is -2.20. The molecule has 1 aliphatic rings. The minimum absolute atomic E-state index is 0.218. The highest BCUT2D eigenvalue weighted by molar-refractivity contribution is 7.92. The van der Waals surface area contributed by atoms with Crippen LogP contribution in [0.4, 0.5) is 5.69 Å². The van der Waals surface area contributed by atoms with Crippen LogP contribution in [0.5, 0.6) is 11.5 Å². The second-order valence-electron chi connectivity index (χ2n) is 7.41. The Balaban J connectivity index is 1.39. The van der Waals surface area contributed by atoms with Crippen LogP contribution >= 0.6 is 11.6 Å². The first-order valence-electron chi connectivity index (χ1n) is 10.1. The molecule has 0 aliphatic carbocycles. The van der Waals surface area contributed by atoms with Gasteiger partial charge in [0, 0.05) is 18.9 Å². The molecule has 5 nitrogen and oxygen atoms in total. The molecule has 0 unspecified atom stereocenters. The number of rotatable bonds is 5. The summed E-state index contributed by atoms with van der Waals surface area (Å²) in [7, 11) is -3.69. The fraction of sp³-hybridized carbons (Fsp3) is 0.0800. The fourth-order valence-electron chi connectivity index (χ4n) is 3.81. The molecule has 0 saturated carbocycles. The minimum Gasteiger partial charge on any atom is -0.456 e. The van der Waals surface area contributed by atoms with Gasteiger partial charge in [0.15, 0.2) is 0 Å². The summed E-state index contributed by atoms with van der Waals surface area (Å²) in [6, 6.07) is 23.3. The summed E-state index contributed by atoms with van der Waals surface area (Å²) in [6.45, 7) is 0.412. The number of sulfonamides is 1. The van der Waals surface area contributed by atoms with Crippen molar-refractivity contribution in [2.45, 2.75) is 11.3 Å². The molecule has 0 atom stereocenters. The Morgan fingerprint density at radius 3 is 2.38 bits per heavy atom. The van der Waals surface area contributed by atoms with Crippen molar-refractivity contribution in [3.8, 4) is 22.6 Å². The summed E-state index contributed by atoms with van der Waals surface area (Å²) in [6.07, 6.45) is 4.16. The summed E-state index contributed by atoms with van der Waals surface area (Å²) < 4.78 is 33.9. The van der Waals surface area contributed by atoms with Gasteiger partial charge in [-0.3, -0.25) is 9.29 Å². The Hall–Kier alpha value is -3.35. The van der Waals surface area contributed by atoms with Crippen molar-refractivity contribution in [2.24, 2.45) is 0 Å². The molecule has 160 valence electrons. The van der Waals surface area contributed by atoms with Gasteiger partial charge in [-0.2, -0.15) is 0 Å². The molecule has 1 aliphatic heterocycles. The maximum absolute atomic E-state index is 13.3. The Kier molecular flexibility index (Phi) is 5.33. The van der Waals surface area contributed by atoms with Crippen molar-refractivity contribution in [1.82, 2.24) is 4.98 Å². The molecule has 0 saturated heterocycles. The maximum Gasteiger partial charge on any atom is 0.264 e. The number of anilines is 1. The van der Waals surface area contributed by atoms with Gasteiger partial charge in [-0.1, -0.05) is 29.8 Å². The van der Waals surface area contributed by atoms with E-state index < -0.39 is 10.0 Å². The van der Waals surface area contributed by atoms with E-state index in [-0.39, 0.29) is 4.90 Å². The average molecular weight is 463 g/mol. The van der Waals surface area contributed by atoms with Crippen LogP contribution < -0.4 is 9.04 Å². The molecule has 0 radical (unpaired) electrons. The Bertz CT molecular complexity index is 1370. The van der Waals surface area contributed by atoms with Crippen LogP contribution in [-0.2, 0) is 16.4 Å². The SMILES string of the molecule is O=S(=O)(c1ccc(Oc2ccccc2Cl)cc1)N1CCc2cc(-c3ccncc3)ccc21. The van der Waals surface area contributed by atoms with Crippen molar-refractivity contribution in [3.05, 3.63) is 102 Å². The Morgan fingerprint density at radius 1 is 0.875 bits per heavy atom. The minimum atomic E-state index is -3.69. The maximum atomic E-state index is 13.3. The van der Waals surface area contributed by atoms with Gasteiger partial charge in [-0.15, -0.1) is 0 Å². The van der Waals surface area contributed by atoms with Crippen LogP contribution in [0.1, 0.15) is 5.56 Å². The molecular weight excluding hydrogens is 444 g/mol. The third-order valence-corrected chi connectivity index (χ3v) is 7.56. The summed E-state index contributed by atoms with van der Waals surface area (Å²) in [5, 5.41) is 0.490. The van der Waals surface area contributed by atoms with Crippen molar-refractivity contribution in [2.75, 3.05) is 10.8 Å². The van der Waals surface area contributed by atoms with Crippen LogP contribution in [0.2, 0.25) is 5.02 Å². The summed E-state index contributed by atoms with van der Waals surface area (Å²) in [4.78, 5) is 4.27. The van der Waals surface area contributed by atoms with E-state index in [1.54, 1.807) is 48.8 Å². The lowest BCUT2D eigenvalue weighted by molar-refractivity contribution is 0.482. The summed E-state index contributed by atoms with van der Waals surface area (Å²) in [5.74, 6) is 1.03. The lowest BCUT2D eigenvalue weighted by Crippen LogP contribution is -2.29. The molecule has 7 heteroatoms. The summed E-state index contributed by atoms with van der Waals surface area (Å²) in [5.41, 5.74) is 3.84. The lowest BCUT2D eigenvalue weighted by atomic mass is 10.0. The van der Waals surface area contributed by atoms with Gasteiger partial charge >= 0.3 is 0 Å². The average Bonchev–Trinajstić information content (AvgIpc) is 3.26. The smallest absolute Gasteiger partial charge is 0.264 e. The van der Waals surface area contributed by atoms with Gasteiger partial charge in [0.2, 0.25) is 0 Å². The normalized spacial score (nSPS) is 13.1. The zero-order valence-electron chi connectivity index (χ0n) is 17.0. The van der Waals surface area contributed by atoms with E-state index in [4.69, 9.17) is 16.3 Å². The van der Waals surface area contributed by atoms with Crippen LogP contribution in [0.3, 0.4) is 0 Å². The van der Waals surface area contributed by atoms with Crippen LogP contribution in [0.15, 0.2) is 96.2 Å². The highest BCUT2D eigenvalue weighted by Gasteiger charge is 2.31. The van der Waals surface area contributed by atoms with Crippen molar-refractivity contribution < 1.29 is 13.2 Å². The molecule has 3 aromatic carbocycles. The molecular formula is C25H19ClN2O3S. The molecule has 0 amide bonds. The first kappa shape index (κ1) is 20.5. The van der Waals surface area contributed by atoms with Crippen LogP contribution in [-0.4, -0.2) is 19.9 Å². The number of fused-ring (bicyclic) bond motifs is 1. The Morgan fingerprint density at radius 2 is 1.62 bits per heavy atom. The topological polar surface area (TPSA) is 59.5 Å². The van der Waals surface area contributed by atoms with Gasteiger partial charge in [0.05, 0.1) is 15.6 Å².